The SMILES string of the molecule is CCNC(=NCc1ccc(N2CC=CC2)cc1)NC1CCN(CC(C)C)CC1. The minimum Gasteiger partial charge on any atom is -0.364 e. The Kier molecular flexibility index (Phi) is 7.78. The maximum absolute atomic E-state index is 4.83. The average molecular weight is 384 g/mol. The second kappa shape index (κ2) is 10.5. The summed E-state index contributed by atoms with van der Waals surface area (Å²) in [6, 6.07) is 9.34. The lowest BCUT2D eigenvalue weighted by molar-refractivity contribution is 0.187. The Balaban J connectivity index is 1.50. The molecule has 28 heavy (non-hydrogen) atoms. The number of piperidine rings is 1. The third kappa shape index (κ3) is 6.26. The van der Waals surface area contributed by atoms with Crippen LogP contribution in [0.15, 0.2) is 41.4 Å². The topological polar surface area (TPSA) is 42.9 Å². The molecule has 154 valence electrons. The highest BCUT2D eigenvalue weighted by molar-refractivity contribution is 5.80. The predicted octanol–water partition coefficient (Wildman–Crippen LogP) is 3.24. The van der Waals surface area contributed by atoms with Crippen LogP contribution in [-0.2, 0) is 6.54 Å². The van der Waals surface area contributed by atoms with Crippen LogP contribution in [0.5, 0.6) is 0 Å². The van der Waals surface area contributed by atoms with Crippen molar-refractivity contribution < 1.29 is 0 Å². The summed E-state index contributed by atoms with van der Waals surface area (Å²) < 4.78 is 0. The molecule has 0 amide bonds. The molecule has 2 aliphatic heterocycles. The number of guanidine groups is 1. The second-order valence-electron chi connectivity index (χ2n) is 8.35. The number of nitrogens with one attached hydrogen (secondary N) is 2. The molecule has 2 heterocycles. The van der Waals surface area contributed by atoms with E-state index in [1.165, 1.54) is 43.7 Å². The zero-order chi connectivity index (χ0) is 19.8. The standard InChI is InChI=1S/C23H37N5/c1-4-24-23(26-21-11-15-27(16-12-21)18-19(2)3)25-17-20-7-9-22(10-8-20)28-13-5-6-14-28/h5-10,19,21H,4,11-18H2,1-3H3,(H2,24,25,26). The van der Waals surface area contributed by atoms with E-state index in [1.807, 2.05) is 0 Å². The van der Waals surface area contributed by atoms with Crippen LogP contribution in [0.1, 0.15) is 39.2 Å². The molecule has 0 atom stereocenters. The molecule has 1 saturated heterocycles. The Morgan fingerprint density at radius 3 is 2.39 bits per heavy atom. The van der Waals surface area contributed by atoms with Gasteiger partial charge in [0.05, 0.1) is 6.54 Å². The van der Waals surface area contributed by atoms with Gasteiger partial charge in [-0.15, -0.1) is 0 Å². The summed E-state index contributed by atoms with van der Waals surface area (Å²) in [6.45, 7) is 13.9. The molecule has 0 radical (unpaired) electrons. The van der Waals surface area contributed by atoms with Crippen LogP contribution in [0.4, 0.5) is 5.69 Å². The summed E-state index contributed by atoms with van der Waals surface area (Å²) in [7, 11) is 0. The van der Waals surface area contributed by atoms with Crippen molar-refractivity contribution in [2.24, 2.45) is 10.9 Å². The van der Waals surface area contributed by atoms with Crippen LogP contribution in [-0.4, -0.2) is 56.2 Å². The molecule has 2 aliphatic rings. The first-order valence-corrected chi connectivity index (χ1v) is 10.9. The van der Waals surface area contributed by atoms with Crippen LogP contribution in [0, 0.1) is 5.92 Å². The van der Waals surface area contributed by atoms with Gasteiger partial charge in [-0.3, -0.25) is 0 Å². The van der Waals surface area contributed by atoms with Gasteiger partial charge in [-0.1, -0.05) is 38.1 Å². The lowest BCUT2D eigenvalue weighted by Crippen LogP contribution is -2.49. The highest BCUT2D eigenvalue weighted by Gasteiger charge is 2.20. The summed E-state index contributed by atoms with van der Waals surface area (Å²) in [5, 5.41) is 7.06. The van der Waals surface area contributed by atoms with E-state index in [2.05, 4.69) is 77.6 Å². The number of anilines is 1. The van der Waals surface area contributed by atoms with E-state index >= 15 is 0 Å². The molecule has 1 fully saturated rings. The molecular weight excluding hydrogens is 346 g/mol. The monoisotopic (exact) mass is 383 g/mol. The number of hydrogen-bond acceptors (Lipinski definition) is 3. The molecule has 0 aromatic heterocycles. The summed E-state index contributed by atoms with van der Waals surface area (Å²) in [6.07, 6.45) is 6.82. The van der Waals surface area contributed by atoms with Gasteiger partial charge in [0.15, 0.2) is 5.96 Å². The minimum atomic E-state index is 0.520. The zero-order valence-corrected chi connectivity index (χ0v) is 17.8. The quantitative estimate of drug-likeness (QED) is 0.431. The van der Waals surface area contributed by atoms with E-state index in [0.717, 1.165) is 31.5 Å². The molecule has 0 aliphatic carbocycles. The Hall–Kier alpha value is -2.01. The first kappa shape index (κ1) is 20.7. The van der Waals surface area contributed by atoms with Crippen molar-refractivity contribution in [2.45, 2.75) is 46.2 Å². The fourth-order valence-corrected chi connectivity index (χ4v) is 3.96. The molecule has 5 heteroatoms. The van der Waals surface area contributed by atoms with Gasteiger partial charge >= 0.3 is 0 Å². The Bertz CT molecular complexity index is 633. The minimum absolute atomic E-state index is 0.520. The smallest absolute Gasteiger partial charge is 0.191 e. The number of rotatable bonds is 7. The van der Waals surface area contributed by atoms with Crippen molar-refractivity contribution >= 4 is 11.6 Å². The molecule has 0 saturated carbocycles. The van der Waals surface area contributed by atoms with Gasteiger partial charge in [-0.05, 0) is 43.4 Å². The molecule has 2 N–H and O–H groups in total. The van der Waals surface area contributed by atoms with Crippen molar-refractivity contribution in [1.29, 1.82) is 0 Å². The van der Waals surface area contributed by atoms with Crippen LogP contribution in [0.2, 0.25) is 0 Å². The van der Waals surface area contributed by atoms with Crippen molar-refractivity contribution in [3.8, 4) is 0 Å². The highest BCUT2D eigenvalue weighted by atomic mass is 15.2. The van der Waals surface area contributed by atoms with Crippen LogP contribution in [0.25, 0.3) is 0 Å². The molecule has 0 bridgehead atoms. The zero-order valence-electron chi connectivity index (χ0n) is 17.8. The fraction of sp³-hybridized carbons (Fsp3) is 0.609. The number of aliphatic imine (C=N–C) groups is 1. The van der Waals surface area contributed by atoms with E-state index in [4.69, 9.17) is 4.99 Å². The van der Waals surface area contributed by atoms with Crippen LogP contribution < -0.4 is 15.5 Å². The third-order valence-corrected chi connectivity index (χ3v) is 5.44. The van der Waals surface area contributed by atoms with Crippen LogP contribution in [0.3, 0.4) is 0 Å². The summed E-state index contributed by atoms with van der Waals surface area (Å²) in [5.41, 5.74) is 2.54. The normalized spacial score (nSPS) is 18.9. The average Bonchev–Trinajstić information content (AvgIpc) is 3.23. The van der Waals surface area contributed by atoms with E-state index in [9.17, 15) is 0 Å². The van der Waals surface area contributed by atoms with Crippen molar-refractivity contribution in [3.05, 3.63) is 42.0 Å². The maximum atomic E-state index is 4.83. The summed E-state index contributed by atoms with van der Waals surface area (Å²) in [5.74, 6) is 1.69. The van der Waals surface area contributed by atoms with Gasteiger partial charge < -0.3 is 20.4 Å². The van der Waals surface area contributed by atoms with Crippen molar-refractivity contribution in [1.82, 2.24) is 15.5 Å². The molecule has 0 unspecified atom stereocenters. The number of hydrogen-bond donors (Lipinski definition) is 2. The second-order valence-corrected chi connectivity index (χ2v) is 8.35. The Labute approximate surface area is 170 Å². The lowest BCUT2D eigenvalue weighted by Gasteiger charge is -2.34. The van der Waals surface area contributed by atoms with Crippen molar-refractivity contribution in [2.75, 3.05) is 44.2 Å². The molecular formula is C23H37N5. The van der Waals surface area contributed by atoms with Gasteiger partial charge in [0.25, 0.3) is 0 Å². The highest BCUT2D eigenvalue weighted by Crippen LogP contribution is 2.18. The number of benzene rings is 1. The molecule has 3 rings (SSSR count). The van der Waals surface area contributed by atoms with E-state index < -0.39 is 0 Å². The van der Waals surface area contributed by atoms with Gasteiger partial charge in [-0.2, -0.15) is 0 Å². The van der Waals surface area contributed by atoms with Gasteiger partial charge in [0.2, 0.25) is 0 Å². The summed E-state index contributed by atoms with van der Waals surface area (Å²) in [4.78, 5) is 9.78. The van der Waals surface area contributed by atoms with E-state index in [0.29, 0.717) is 12.6 Å². The lowest BCUT2D eigenvalue weighted by atomic mass is 10.0. The molecule has 1 aromatic rings. The first-order chi connectivity index (χ1) is 13.6. The number of likely N-dealkylation sites (tertiary alicyclic amines) is 1. The largest absolute Gasteiger partial charge is 0.364 e. The van der Waals surface area contributed by atoms with E-state index in [1.54, 1.807) is 0 Å². The Morgan fingerprint density at radius 2 is 1.79 bits per heavy atom. The fourth-order valence-electron chi connectivity index (χ4n) is 3.96. The predicted molar refractivity (Wildman–Crippen MR) is 120 cm³/mol. The maximum Gasteiger partial charge on any atom is 0.191 e. The molecule has 5 nitrogen and oxygen atoms in total. The van der Waals surface area contributed by atoms with Gasteiger partial charge in [0, 0.05) is 51.0 Å². The van der Waals surface area contributed by atoms with E-state index in [-0.39, 0.29) is 0 Å². The first-order valence-electron chi connectivity index (χ1n) is 10.9. The van der Waals surface area contributed by atoms with Gasteiger partial charge in [-0.25, -0.2) is 4.99 Å². The molecule has 1 aromatic carbocycles. The third-order valence-electron chi connectivity index (χ3n) is 5.44. The van der Waals surface area contributed by atoms with Crippen LogP contribution >= 0.6 is 0 Å². The molecule has 0 spiro atoms. The summed E-state index contributed by atoms with van der Waals surface area (Å²) >= 11 is 0. The number of nitrogens with zero attached hydrogens (tertiary/aromatic N) is 3. The van der Waals surface area contributed by atoms with Crippen molar-refractivity contribution in [3.63, 3.8) is 0 Å². The van der Waals surface area contributed by atoms with Gasteiger partial charge in [0.1, 0.15) is 0 Å². The Morgan fingerprint density at radius 1 is 1.11 bits per heavy atom.